The van der Waals surface area contributed by atoms with E-state index in [4.69, 9.17) is 9.57 Å². The first kappa shape index (κ1) is 30.1. The Labute approximate surface area is 248 Å². The first-order chi connectivity index (χ1) is 20.7. The summed E-state index contributed by atoms with van der Waals surface area (Å²) in [6.45, 7) is 5.41. The molecule has 0 bridgehead atoms. The van der Waals surface area contributed by atoms with E-state index in [0.717, 1.165) is 37.7 Å². The lowest BCUT2D eigenvalue weighted by Gasteiger charge is -2.37. The third kappa shape index (κ3) is 6.37. The molecule has 0 radical (unpaired) electrons. The number of ether oxygens (including phenoxy) is 1. The Balaban J connectivity index is 1.43. The van der Waals surface area contributed by atoms with Gasteiger partial charge in [0.05, 0.1) is 36.8 Å². The summed E-state index contributed by atoms with van der Waals surface area (Å²) in [6.07, 6.45) is 4.79. The van der Waals surface area contributed by atoms with E-state index >= 15 is 0 Å². The van der Waals surface area contributed by atoms with Crippen LogP contribution in [0.1, 0.15) is 30.9 Å². The van der Waals surface area contributed by atoms with Crippen LogP contribution in [0.25, 0.3) is 0 Å². The number of benzene rings is 2. The van der Waals surface area contributed by atoms with E-state index < -0.39 is 23.5 Å². The summed E-state index contributed by atoms with van der Waals surface area (Å²) in [6, 6.07) is 7.05. The van der Waals surface area contributed by atoms with Crippen molar-refractivity contribution in [1.29, 1.82) is 0 Å². The van der Waals surface area contributed by atoms with Crippen LogP contribution in [0.5, 0.6) is 5.75 Å². The van der Waals surface area contributed by atoms with E-state index in [1.807, 2.05) is 6.07 Å². The summed E-state index contributed by atoms with van der Waals surface area (Å²) in [4.78, 5) is 31.1. The Morgan fingerprint density at radius 2 is 1.86 bits per heavy atom. The molecule has 1 atom stereocenters. The Kier molecular flexibility index (Phi) is 9.02. The molecule has 5 rings (SSSR count). The maximum Gasteiger partial charge on any atom is 0.247 e. The lowest BCUT2D eigenvalue weighted by molar-refractivity contribution is -0.111. The smallest absolute Gasteiger partial charge is 0.247 e. The SMILES string of the molecule is C=CC(=O)Nc1cc(Nc2cc(N3OCCC3c3ccc(F)c(F)c3F)ncn2)c(OC)cc1N1CCC(N(C)C)CC1. The highest BCUT2D eigenvalue weighted by atomic mass is 19.2. The van der Waals surface area contributed by atoms with Gasteiger partial charge in [0, 0.05) is 43.2 Å². The van der Waals surface area contributed by atoms with Crippen molar-refractivity contribution < 1.29 is 27.5 Å². The van der Waals surface area contributed by atoms with Gasteiger partial charge in [0.2, 0.25) is 5.91 Å². The molecule has 3 aromatic rings. The fourth-order valence-corrected chi connectivity index (χ4v) is 5.45. The zero-order valence-corrected chi connectivity index (χ0v) is 24.2. The van der Waals surface area contributed by atoms with Crippen LogP contribution in [0.2, 0.25) is 0 Å². The number of halogens is 3. The molecule has 0 saturated carbocycles. The summed E-state index contributed by atoms with van der Waals surface area (Å²) < 4.78 is 47.9. The number of carbonyl (C=O) groups is 1. The minimum Gasteiger partial charge on any atom is -0.494 e. The van der Waals surface area contributed by atoms with Crippen LogP contribution in [0, 0.1) is 17.5 Å². The van der Waals surface area contributed by atoms with Crippen molar-refractivity contribution in [3.05, 3.63) is 72.3 Å². The zero-order chi connectivity index (χ0) is 30.7. The number of amides is 1. The predicted molar refractivity (Wildman–Crippen MR) is 158 cm³/mol. The summed E-state index contributed by atoms with van der Waals surface area (Å²) in [7, 11) is 5.71. The fraction of sp³-hybridized carbons (Fsp3) is 0.367. The van der Waals surface area contributed by atoms with Crippen LogP contribution in [-0.2, 0) is 9.63 Å². The minimum atomic E-state index is -1.54. The molecule has 13 heteroatoms. The molecule has 1 amide bonds. The predicted octanol–water partition coefficient (Wildman–Crippen LogP) is 5.18. The summed E-state index contributed by atoms with van der Waals surface area (Å²) >= 11 is 0. The van der Waals surface area contributed by atoms with Gasteiger partial charge in [0.25, 0.3) is 0 Å². The number of nitrogens with zero attached hydrogens (tertiary/aromatic N) is 5. The summed E-state index contributed by atoms with van der Waals surface area (Å²) in [5.74, 6) is -3.27. The maximum absolute atomic E-state index is 14.6. The van der Waals surface area contributed by atoms with Crippen molar-refractivity contribution in [2.75, 3.05) is 61.5 Å². The number of hydrogen-bond acceptors (Lipinski definition) is 9. The number of methoxy groups -OCH3 is 1. The number of nitrogens with one attached hydrogen (secondary N) is 2. The van der Waals surface area contributed by atoms with Gasteiger partial charge in [-0.25, -0.2) is 28.2 Å². The van der Waals surface area contributed by atoms with Crippen molar-refractivity contribution in [2.24, 2.45) is 0 Å². The Bertz CT molecular complexity index is 1500. The van der Waals surface area contributed by atoms with Gasteiger partial charge in [-0.2, -0.15) is 0 Å². The number of hydroxylamine groups is 1. The second kappa shape index (κ2) is 12.9. The molecule has 2 aliphatic heterocycles. The number of anilines is 5. The van der Waals surface area contributed by atoms with Crippen molar-refractivity contribution in [3.63, 3.8) is 0 Å². The Morgan fingerprint density at radius 3 is 2.56 bits per heavy atom. The topological polar surface area (TPSA) is 95.1 Å². The summed E-state index contributed by atoms with van der Waals surface area (Å²) in [5.41, 5.74) is 1.87. The average Bonchev–Trinajstić information content (AvgIpc) is 3.50. The van der Waals surface area contributed by atoms with Gasteiger partial charge in [-0.15, -0.1) is 0 Å². The highest BCUT2D eigenvalue weighted by molar-refractivity contribution is 6.02. The number of aromatic nitrogens is 2. The molecule has 0 spiro atoms. The van der Waals surface area contributed by atoms with E-state index in [-0.39, 0.29) is 23.9 Å². The van der Waals surface area contributed by atoms with Crippen LogP contribution in [0.4, 0.5) is 41.9 Å². The van der Waals surface area contributed by atoms with Gasteiger partial charge in [-0.3, -0.25) is 9.63 Å². The van der Waals surface area contributed by atoms with E-state index in [9.17, 15) is 18.0 Å². The van der Waals surface area contributed by atoms with Crippen molar-refractivity contribution in [1.82, 2.24) is 14.9 Å². The molecule has 2 aromatic carbocycles. The van der Waals surface area contributed by atoms with Crippen LogP contribution >= 0.6 is 0 Å². The third-order valence-electron chi connectivity index (χ3n) is 7.77. The van der Waals surface area contributed by atoms with Crippen molar-refractivity contribution in [3.8, 4) is 5.75 Å². The largest absolute Gasteiger partial charge is 0.494 e. The standard InChI is InChI=1S/C30H34F3N7O3/c1-5-28(41)37-21-14-22(25(42-4)15-24(21)39-11-8-18(9-12-39)38(2)3)36-26-16-27(35-17-34-26)40-23(10-13-43-40)19-6-7-20(31)30(33)29(19)32/h5-7,14-18,23H,1,8-13H2,2-4H3,(H,37,41)(H,34,35,36). The number of carbonyl (C=O) groups excluding carboxylic acids is 1. The van der Waals surface area contributed by atoms with Crippen molar-refractivity contribution in [2.45, 2.75) is 31.3 Å². The molecular formula is C30H34F3N7O3. The first-order valence-electron chi connectivity index (χ1n) is 13.9. The van der Waals surface area contributed by atoms with Crippen molar-refractivity contribution >= 4 is 34.6 Å². The highest BCUT2D eigenvalue weighted by Crippen LogP contribution is 2.41. The van der Waals surface area contributed by atoms with Crippen LogP contribution in [0.3, 0.4) is 0 Å². The Hall–Kier alpha value is -4.36. The molecule has 3 heterocycles. The lowest BCUT2D eigenvalue weighted by Crippen LogP contribution is -2.42. The molecule has 2 saturated heterocycles. The average molecular weight is 598 g/mol. The number of hydrogen-bond donors (Lipinski definition) is 2. The maximum atomic E-state index is 14.6. The van der Waals surface area contributed by atoms with Crippen LogP contribution in [-0.4, -0.2) is 67.7 Å². The molecule has 2 aliphatic rings. The second-order valence-corrected chi connectivity index (χ2v) is 10.6. The molecule has 1 unspecified atom stereocenters. The lowest BCUT2D eigenvalue weighted by atomic mass is 10.0. The molecule has 228 valence electrons. The van der Waals surface area contributed by atoms with Gasteiger partial charge in [-0.1, -0.05) is 12.6 Å². The van der Waals surface area contributed by atoms with Gasteiger partial charge < -0.3 is 25.2 Å². The van der Waals surface area contributed by atoms with Gasteiger partial charge in [-0.05, 0) is 45.1 Å². The summed E-state index contributed by atoms with van der Waals surface area (Å²) in [5, 5.41) is 7.47. The number of piperidine rings is 1. The van der Waals surface area contributed by atoms with Gasteiger partial charge in [0.1, 0.15) is 17.9 Å². The first-order valence-corrected chi connectivity index (χ1v) is 13.9. The van der Waals surface area contributed by atoms with Crippen LogP contribution in [0.15, 0.2) is 49.3 Å². The van der Waals surface area contributed by atoms with E-state index in [2.05, 4.69) is 51.1 Å². The second-order valence-electron chi connectivity index (χ2n) is 10.6. The van der Waals surface area contributed by atoms with E-state index in [1.54, 1.807) is 19.2 Å². The molecule has 0 aliphatic carbocycles. The number of rotatable bonds is 9. The van der Waals surface area contributed by atoms with Gasteiger partial charge in [0.15, 0.2) is 23.3 Å². The van der Waals surface area contributed by atoms with Crippen LogP contribution < -0.4 is 25.3 Å². The quantitative estimate of drug-likeness (QED) is 0.256. The molecule has 43 heavy (non-hydrogen) atoms. The molecule has 10 nitrogen and oxygen atoms in total. The van der Waals surface area contributed by atoms with E-state index in [1.165, 1.54) is 23.5 Å². The monoisotopic (exact) mass is 597 g/mol. The molecular weight excluding hydrogens is 563 g/mol. The minimum absolute atomic E-state index is 0.0426. The molecule has 2 fully saturated rings. The normalized spacial score (nSPS) is 17.3. The third-order valence-corrected chi connectivity index (χ3v) is 7.77. The van der Waals surface area contributed by atoms with Gasteiger partial charge >= 0.3 is 0 Å². The molecule has 2 N–H and O–H groups in total. The highest BCUT2D eigenvalue weighted by Gasteiger charge is 2.33. The Morgan fingerprint density at radius 1 is 1.09 bits per heavy atom. The van der Waals surface area contributed by atoms with E-state index in [0.29, 0.717) is 35.4 Å². The molecule has 1 aromatic heterocycles. The zero-order valence-electron chi connectivity index (χ0n) is 24.2. The fourth-order valence-electron chi connectivity index (χ4n) is 5.45.